The van der Waals surface area contributed by atoms with Crippen LogP contribution < -0.4 is 5.73 Å². The van der Waals surface area contributed by atoms with E-state index < -0.39 is 10.0 Å². The van der Waals surface area contributed by atoms with Crippen LogP contribution in [0.25, 0.3) is 16.8 Å². The highest BCUT2D eigenvalue weighted by Crippen LogP contribution is 2.24. The first kappa shape index (κ1) is 32.6. The van der Waals surface area contributed by atoms with Crippen molar-refractivity contribution in [3.8, 4) is 0 Å². The molecule has 11 heteroatoms. The maximum Gasteiger partial charge on any atom is 0.243 e. The molecule has 0 saturated carbocycles. The minimum absolute atomic E-state index is 0. The predicted octanol–water partition coefficient (Wildman–Crippen LogP) is 4.75. The topological polar surface area (TPSA) is 79.5 Å². The van der Waals surface area contributed by atoms with Gasteiger partial charge in [-0.1, -0.05) is 48.0 Å². The Morgan fingerprint density at radius 3 is 2.38 bits per heavy atom. The molecule has 0 unspecified atom stereocenters. The second kappa shape index (κ2) is 15.5. The van der Waals surface area contributed by atoms with Crippen molar-refractivity contribution in [3.63, 3.8) is 0 Å². The lowest BCUT2D eigenvalue weighted by molar-refractivity contribution is 0.288. The molecule has 0 amide bonds. The van der Waals surface area contributed by atoms with Gasteiger partial charge in [0.15, 0.2) is 0 Å². The van der Waals surface area contributed by atoms with Crippen molar-refractivity contribution in [3.05, 3.63) is 77.6 Å². The van der Waals surface area contributed by atoms with E-state index in [1.54, 1.807) is 37.6 Å². The van der Waals surface area contributed by atoms with Crippen LogP contribution in [0, 0.1) is 0 Å². The average Bonchev–Trinajstić information content (AvgIpc) is 2.78. The lowest BCUT2D eigenvalue weighted by Gasteiger charge is -2.24. The molecule has 2 N–H and O–H groups in total. The number of sulfonamides is 1. The van der Waals surface area contributed by atoms with E-state index in [9.17, 15) is 8.42 Å². The molecular formula is C23H30Cl4N4O2S. The summed E-state index contributed by atoms with van der Waals surface area (Å²) in [7, 11) is -2.02. The number of nitrogens with zero attached hydrogens (tertiary/aromatic N) is 3. The van der Waals surface area contributed by atoms with Gasteiger partial charge in [-0.15, -0.1) is 37.2 Å². The first-order chi connectivity index (χ1) is 14.9. The monoisotopic (exact) mass is 566 g/mol. The Labute approximate surface area is 225 Å². The number of hydrogen-bond donors (Lipinski definition) is 1. The van der Waals surface area contributed by atoms with Crippen LogP contribution in [0.5, 0.6) is 0 Å². The van der Waals surface area contributed by atoms with Crippen LogP contribution in [0.4, 0.5) is 0 Å². The van der Waals surface area contributed by atoms with Crippen molar-refractivity contribution in [1.82, 2.24) is 14.2 Å². The van der Waals surface area contributed by atoms with Gasteiger partial charge >= 0.3 is 0 Å². The molecule has 1 heterocycles. The normalized spacial score (nSPS) is 11.3. The Bertz CT molecular complexity index is 1140. The molecule has 3 rings (SSSR count). The summed E-state index contributed by atoms with van der Waals surface area (Å²) in [6.07, 6.45) is 7.34. The molecule has 1 aromatic heterocycles. The van der Waals surface area contributed by atoms with Gasteiger partial charge in [0.2, 0.25) is 10.0 Å². The van der Waals surface area contributed by atoms with Gasteiger partial charge in [-0.05, 0) is 29.8 Å². The highest BCUT2D eigenvalue weighted by molar-refractivity contribution is 7.89. The second-order valence-corrected chi connectivity index (χ2v) is 9.67. The van der Waals surface area contributed by atoms with E-state index >= 15 is 0 Å². The fourth-order valence-electron chi connectivity index (χ4n) is 3.28. The summed E-state index contributed by atoms with van der Waals surface area (Å²) >= 11 is 5.92. The van der Waals surface area contributed by atoms with E-state index in [0.717, 1.165) is 10.9 Å². The second-order valence-electron chi connectivity index (χ2n) is 7.22. The maximum absolute atomic E-state index is 13.2. The molecule has 0 radical (unpaired) electrons. The minimum atomic E-state index is -3.63. The zero-order valence-electron chi connectivity index (χ0n) is 18.7. The molecule has 0 fully saturated rings. The van der Waals surface area contributed by atoms with E-state index in [0.29, 0.717) is 48.0 Å². The standard InChI is InChI=1S/C23H27ClN4O2S.3ClH/c1-27(31(29,30)23-6-2-5-20-18-26-13-11-22(20)23)16-17-28(15-12-25)14-3-4-19-7-9-21(24)10-8-19;;;/h2-11,13,18H,12,14-17,25H2,1H3;3*1H. The zero-order valence-corrected chi connectivity index (χ0v) is 22.7. The quantitative estimate of drug-likeness (QED) is 0.382. The summed E-state index contributed by atoms with van der Waals surface area (Å²) in [4.78, 5) is 6.50. The van der Waals surface area contributed by atoms with Gasteiger partial charge in [0.25, 0.3) is 0 Å². The molecule has 0 bridgehead atoms. The number of hydrogen-bond acceptors (Lipinski definition) is 5. The van der Waals surface area contributed by atoms with E-state index in [1.165, 1.54) is 4.31 Å². The largest absolute Gasteiger partial charge is 0.329 e. The first-order valence-electron chi connectivity index (χ1n) is 10.1. The van der Waals surface area contributed by atoms with E-state index in [1.807, 2.05) is 42.5 Å². The number of fused-ring (bicyclic) bond motifs is 1. The van der Waals surface area contributed by atoms with Crippen molar-refractivity contribution >= 4 is 75.7 Å². The Kier molecular flexibility index (Phi) is 14.9. The van der Waals surface area contributed by atoms with Crippen molar-refractivity contribution in [2.75, 3.05) is 39.8 Å². The summed E-state index contributed by atoms with van der Waals surface area (Å²) < 4.78 is 27.8. The molecular weight excluding hydrogens is 538 g/mol. The number of pyridine rings is 1. The van der Waals surface area contributed by atoms with Crippen molar-refractivity contribution in [2.24, 2.45) is 5.73 Å². The lowest BCUT2D eigenvalue weighted by atomic mass is 10.2. The van der Waals surface area contributed by atoms with Gasteiger partial charge in [-0.2, -0.15) is 4.31 Å². The van der Waals surface area contributed by atoms with Crippen LogP contribution in [0.3, 0.4) is 0 Å². The molecule has 0 atom stereocenters. The smallest absolute Gasteiger partial charge is 0.243 e. The zero-order chi connectivity index (χ0) is 22.3. The molecule has 0 spiro atoms. The molecule has 0 aliphatic rings. The molecule has 0 aliphatic heterocycles. The minimum Gasteiger partial charge on any atom is -0.329 e. The third-order valence-corrected chi connectivity index (χ3v) is 7.22. The van der Waals surface area contributed by atoms with Gasteiger partial charge in [0.1, 0.15) is 0 Å². The highest BCUT2D eigenvalue weighted by atomic mass is 35.5. The number of nitrogens with two attached hydrogens (primary N) is 1. The van der Waals surface area contributed by atoms with Crippen molar-refractivity contribution in [1.29, 1.82) is 0 Å². The molecule has 3 aromatic rings. The number of rotatable bonds is 10. The molecule has 2 aromatic carbocycles. The summed E-state index contributed by atoms with van der Waals surface area (Å²) in [5.41, 5.74) is 6.81. The molecule has 0 saturated heterocycles. The number of halogens is 4. The van der Waals surface area contributed by atoms with Crippen molar-refractivity contribution in [2.45, 2.75) is 4.90 Å². The van der Waals surface area contributed by atoms with E-state index in [2.05, 4.69) is 9.88 Å². The van der Waals surface area contributed by atoms with E-state index in [-0.39, 0.29) is 37.2 Å². The van der Waals surface area contributed by atoms with Crippen molar-refractivity contribution < 1.29 is 8.42 Å². The summed E-state index contributed by atoms with van der Waals surface area (Å²) in [6.45, 7) is 2.79. The fraction of sp³-hybridized carbons (Fsp3) is 0.261. The lowest BCUT2D eigenvalue weighted by Crippen LogP contribution is -2.38. The summed E-state index contributed by atoms with van der Waals surface area (Å²) in [6, 6.07) is 14.6. The van der Waals surface area contributed by atoms with Crippen LogP contribution in [0.15, 0.2) is 71.9 Å². The van der Waals surface area contributed by atoms with Crippen LogP contribution in [0.2, 0.25) is 5.02 Å². The van der Waals surface area contributed by atoms with E-state index in [4.69, 9.17) is 17.3 Å². The molecule has 0 aliphatic carbocycles. The average molecular weight is 568 g/mol. The van der Waals surface area contributed by atoms with Crippen LogP contribution in [-0.2, 0) is 10.0 Å². The van der Waals surface area contributed by atoms with Gasteiger partial charge in [0, 0.05) is 68.0 Å². The van der Waals surface area contributed by atoms with Crippen LogP contribution in [0.1, 0.15) is 5.56 Å². The third-order valence-electron chi connectivity index (χ3n) is 5.05. The number of aromatic nitrogens is 1. The Balaban J connectivity index is 0.00000363. The highest BCUT2D eigenvalue weighted by Gasteiger charge is 2.23. The van der Waals surface area contributed by atoms with Crippen LogP contribution >= 0.6 is 48.8 Å². The van der Waals surface area contributed by atoms with Gasteiger partial charge in [-0.25, -0.2) is 8.42 Å². The van der Waals surface area contributed by atoms with Crippen LogP contribution in [-0.4, -0.2) is 62.4 Å². The molecule has 6 nitrogen and oxygen atoms in total. The Morgan fingerprint density at radius 1 is 1.00 bits per heavy atom. The summed E-state index contributed by atoms with van der Waals surface area (Å²) in [5, 5.41) is 2.18. The number of benzene rings is 2. The summed E-state index contributed by atoms with van der Waals surface area (Å²) in [5.74, 6) is 0. The molecule has 188 valence electrons. The first-order valence-corrected chi connectivity index (χ1v) is 11.9. The maximum atomic E-state index is 13.2. The van der Waals surface area contributed by atoms with Gasteiger partial charge in [-0.3, -0.25) is 9.88 Å². The SMILES string of the molecule is CN(CCN(CC=Cc1ccc(Cl)cc1)CCN)S(=O)(=O)c1cccc2cnccc12.Cl.Cl.Cl. The fourth-order valence-corrected chi connectivity index (χ4v) is 4.77. The Hall–Kier alpha value is -1.42. The molecule has 34 heavy (non-hydrogen) atoms. The number of likely N-dealkylation sites (N-methyl/N-ethyl adjacent to an activating group) is 1. The Morgan fingerprint density at radius 2 is 1.71 bits per heavy atom. The van der Waals surface area contributed by atoms with Gasteiger partial charge in [0.05, 0.1) is 4.90 Å². The predicted molar refractivity (Wildman–Crippen MR) is 149 cm³/mol. The van der Waals surface area contributed by atoms with Gasteiger partial charge < -0.3 is 5.73 Å². The third kappa shape index (κ3) is 8.66.